The molecular formula is C16H26N2S. The van der Waals surface area contributed by atoms with Crippen LogP contribution in [0.5, 0.6) is 0 Å². The van der Waals surface area contributed by atoms with Crippen LogP contribution in [0.15, 0.2) is 29.2 Å². The van der Waals surface area contributed by atoms with Crippen LogP contribution in [0.25, 0.3) is 0 Å². The number of piperidine rings is 1. The zero-order chi connectivity index (χ0) is 13.8. The molecule has 1 aliphatic rings. The van der Waals surface area contributed by atoms with E-state index in [2.05, 4.69) is 49.3 Å². The molecule has 1 aromatic carbocycles. The van der Waals surface area contributed by atoms with Gasteiger partial charge in [-0.05, 0) is 57.2 Å². The van der Waals surface area contributed by atoms with Crippen LogP contribution in [0.4, 0.5) is 0 Å². The molecule has 106 valence electrons. The molecule has 3 heteroatoms. The van der Waals surface area contributed by atoms with Crippen molar-refractivity contribution in [2.75, 3.05) is 12.8 Å². The van der Waals surface area contributed by atoms with Gasteiger partial charge in [0.2, 0.25) is 0 Å². The Morgan fingerprint density at radius 1 is 1.21 bits per heavy atom. The molecule has 1 saturated heterocycles. The van der Waals surface area contributed by atoms with Gasteiger partial charge < -0.3 is 5.73 Å². The summed E-state index contributed by atoms with van der Waals surface area (Å²) in [5.41, 5.74) is 7.58. The highest BCUT2D eigenvalue weighted by molar-refractivity contribution is 7.98. The molecule has 0 bridgehead atoms. The van der Waals surface area contributed by atoms with Crippen molar-refractivity contribution in [3.8, 4) is 0 Å². The third-order valence-corrected chi connectivity index (χ3v) is 5.04. The summed E-state index contributed by atoms with van der Waals surface area (Å²) in [6.07, 6.45) is 5.98. The summed E-state index contributed by atoms with van der Waals surface area (Å²) in [7, 11) is 0. The van der Waals surface area contributed by atoms with Crippen molar-refractivity contribution >= 4 is 11.8 Å². The van der Waals surface area contributed by atoms with Gasteiger partial charge in [0.1, 0.15) is 0 Å². The fourth-order valence-electron chi connectivity index (χ4n) is 3.10. The highest BCUT2D eigenvalue weighted by atomic mass is 32.2. The van der Waals surface area contributed by atoms with Gasteiger partial charge in [-0.15, -0.1) is 11.8 Å². The highest BCUT2D eigenvalue weighted by Crippen LogP contribution is 2.30. The van der Waals surface area contributed by atoms with E-state index >= 15 is 0 Å². The van der Waals surface area contributed by atoms with Gasteiger partial charge in [0, 0.05) is 23.0 Å². The number of likely N-dealkylation sites (tertiary alicyclic amines) is 1. The minimum atomic E-state index is 0.258. The predicted molar refractivity (Wildman–Crippen MR) is 84.6 cm³/mol. The van der Waals surface area contributed by atoms with Crippen molar-refractivity contribution in [2.45, 2.75) is 56.1 Å². The molecule has 0 amide bonds. The molecule has 1 fully saturated rings. The van der Waals surface area contributed by atoms with Crippen molar-refractivity contribution < 1.29 is 0 Å². The van der Waals surface area contributed by atoms with E-state index < -0.39 is 0 Å². The van der Waals surface area contributed by atoms with Gasteiger partial charge in [-0.3, -0.25) is 4.90 Å². The van der Waals surface area contributed by atoms with Gasteiger partial charge in [-0.2, -0.15) is 0 Å². The van der Waals surface area contributed by atoms with Crippen LogP contribution in [0.2, 0.25) is 0 Å². The second kappa shape index (κ2) is 6.78. The van der Waals surface area contributed by atoms with Crippen molar-refractivity contribution in [1.82, 2.24) is 4.90 Å². The number of nitrogens with two attached hydrogens (primary N) is 1. The van der Waals surface area contributed by atoms with Crippen molar-refractivity contribution in [3.63, 3.8) is 0 Å². The van der Waals surface area contributed by atoms with E-state index in [1.807, 2.05) is 0 Å². The molecule has 1 aliphatic heterocycles. The first-order valence-corrected chi connectivity index (χ1v) is 8.51. The minimum absolute atomic E-state index is 0.258. The molecule has 2 N–H and O–H groups in total. The lowest BCUT2D eigenvalue weighted by atomic mass is 9.93. The number of benzene rings is 1. The van der Waals surface area contributed by atoms with Crippen molar-refractivity contribution in [2.24, 2.45) is 5.73 Å². The lowest BCUT2D eigenvalue weighted by Crippen LogP contribution is -2.49. The molecule has 3 atom stereocenters. The standard InChI is InChI=1S/C16H26N2S/c1-12(17)16-6-4-5-11-18(16)13(2)14-7-9-15(19-3)10-8-14/h7-10,12-13,16H,4-6,11,17H2,1-3H3. The van der Waals surface area contributed by atoms with E-state index in [4.69, 9.17) is 5.73 Å². The van der Waals surface area contributed by atoms with Gasteiger partial charge in [-0.1, -0.05) is 18.6 Å². The van der Waals surface area contributed by atoms with Gasteiger partial charge in [0.25, 0.3) is 0 Å². The third-order valence-electron chi connectivity index (χ3n) is 4.29. The van der Waals surface area contributed by atoms with E-state index in [0.29, 0.717) is 12.1 Å². The summed E-state index contributed by atoms with van der Waals surface area (Å²) >= 11 is 1.80. The minimum Gasteiger partial charge on any atom is -0.327 e. The third kappa shape index (κ3) is 3.53. The Morgan fingerprint density at radius 2 is 1.89 bits per heavy atom. The lowest BCUT2D eigenvalue weighted by molar-refractivity contribution is 0.0890. The Kier molecular flexibility index (Phi) is 5.31. The van der Waals surface area contributed by atoms with Gasteiger partial charge in [-0.25, -0.2) is 0 Å². The smallest absolute Gasteiger partial charge is 0.0323 e. The zero-order valence-corrected chi connectivity index (χ0v) is 13.1. The molecule has 0 spiro atoms. The molecule has 1 heterocycles. The zero-order valence-electron chi connectivity index (χ0n) is 12.3. The van der Waals surface area contributed by atoms with E-state index in [9.17, 15) is 0 Å². The van der Waals surface area contributed by atoms with Crippen LogP contribution >= 0.6 is 11.8 Å². The van der Waals surface area contributed by atoms with Crippen LogP contribution in [-0.2, 0) is 0 Å². The predicted octanol–water partition coefficient (Wildman–Crippen LogP) is 3.67. The van der Waals surface area contributed by atoms with Crippen molar-refractivity contribution in [3.05, 3.63) is 29.8 Å². The number of thioether (sulfide) groups is 1. The monoisotopic (exact) mass is 278 g/mol. The SMILES string of the molecule is CSc1ccc(C(C)N2CCCCC2C(C)N)cc1. The Balaban J connectivity index is 2.13. The fourth-order valence-corrected chi connectivity index (χ4v) is 3.51. The molecule has 0 saturated carbocycles. The lowest BCUT2D eigenvalue weighted by Gasteiger charge is -2.42. The molecular weight excluding hydrogens is 252 g/mol. The summed E-state index contributed by atoms with van der Waals surface area (Å²) in [6.45, 7) is 5.64. The molecule has 0 aromatic heterocycles. The topological polar surface area (TPSA) is 29.3 Å². The van der Waals surface area contributed by atoms with Crippen LogP contribution in [-0.4, -0.2) is 29.8 Å². The van der Waals surface area contributed by atoms with E-state index in [1.165, 1.54) is 36.3 Å². The quantitative estimate of drug-likeness (QED) is 0.852. The maximum Gasteiger partial charge on any atom is 0.0323 e. The summed E-state index contributed by atoms with van der Waals surface area (Å²) in [5.74, 6) is 0. The van der Waals surface area contributed by atoms with Crippen LogP contribution < -0.4 is 5.73 Å². The molecule has 3 unspecified atom stereocenters. The first-order valence-electron chi connectivity index (χ1n) is 7.28. The summed E-state index contributed by atoms with van der Waals surface area (Å²) in [4.78, 5) is 3.93. The Hall–Kier alpha value is -0.510. The average Bonchev–Trinajstić information content (AvgIpc) is 2.46. The fraction of sp³-hybridized carbons (Fsp3) is 0.625. The molecule has 2 nitrogen and oxygen atoms in total. The summed E-state index contributed by atoms with van der Waals surface area (Å²) in [5, 5.41) is 0. The van der Waals surface area contributed by atoms with Crippen LogP contribution in [0.3, 0.4) is 0 Å². The van der Waals surface area contributed by atoms with Crippen LogP contribution in [0.1, 0.15) is 44.7 Å². The maximum atomic E-state index is 6.17. The van der Waals surface area contributed by atoms with Gasteiger partial charge >= 0.3 is 0 Å². The van der Waals surface area contributed by atoms with Gasteiger partial charge in [0.15, 0.2) is 0 Å². The molecule has 0 aliphatic carbocycles. The summed E-state index contributed by atoms with van der Waals surface area (Å²) in [6, 6.07) is 10.2. The van der Waals surface area contributed by atoms with E-state index in [0.717, 1.165) is 0 Å². The molecule has 0 radical (unpaired) electrons. The first kappa shape index (κ1) is 14.9. The van der Waals surface area contributed by atoms with Crippen molar-refractivity contribution in [1.29, 1.82) is 0 Å². The van der Waals surface area contributed by atoms with E-state index in [-0.39, 0.29) is 6.04 Å². The highest BCUT2D eigenvalue weighted by Gasteiger charge is 2.29. The first-order chi connectivity index (χ1) is 9.13. The Morgan fingerprint density at radius 3 is 2.47 bits per heavy atom. The molecule has 1 aromatic rings. The second-order valence-corrected chi connectivity index (χ2v) is 6.49. The largest absolute Gasteiger partial charge is 0.327 e. The second-order valence-electron chi connectivity index (χ2n) is 5.61. The summed E-state index contributed by atoms with van der Waals surface area (Å²) < 4.78 is 0. The average molecular weight is 278 g/mol. The Bertz CT molecular complexity index is 388. The molecule has 2 rings (SSSR count). The Labute approximate surface area is 121 Å². The van der Waals surface area contributed by atoms with Gasteiger partial charge in [0.05, 0.1) is 0 Å². The number of hydrogen-bond acceptors (Lipinski definition) is 3. The normalized spacial score (nSPS) is 24.1. The van der Waals surface area contributed by atoms with Crippen LogP contribution in [0, 0.1) is 0 Å². The molecule has 19 heavy (non-hydrogen) atoms. The van der Waals surface area contributed by atoms with E-state index in [1.54, 1.807) is 11.8 Å². The number of hydrogen-bond donors (Lipinski definition) is 1. The number of rotatable bonds is 4. The number of nitrogens with zero attached hydrogens (tertiary/aromatic N) is 1. The maximum absolute atomic E-state index is 6.17.